The molecule has 0 fully saturated rings. The van der Waals surface area contributed by atoms with Crippen LogP contribution >= 0.6 is 0 Å². The van der Waals surface area contributed by atoms with Crippen LogP contribution in [0.5, 0.6) is 5.88 Å². The van der Waals surface area contributed by atoms with Crippen molar-refractivity contribution in [1.82, 2.24) is 10.3 Å². The smallest absolute Gasteiger partial charge is 0.307 e. The maximum atomic E-state index is 11.2. The van der Waals surface area contributed by atoms with Gasteiger partial charge in [-0.2, -0.15) is 0 Å². The lowest BCUT2D eigenvalue weighted by Crippen LogP contribution is -2.18. The normalized spacial score (nSPS) is 10.3. The number of esters is 1. The highest BCUT2D eigenvalue weighted by Gasteiger charge is 2.03. The summed E-state index contributed by atoms with van der Waals surface area (Å²) < 4.78 is 10.0. The molecule has 23 heavy (non-hydrogen) atoms. The van der Waals surface area contributed by atoms with Crippen molar-refractivity contribution in [2.45, 2.75) is 19.9 Å². The average molecular weight is 314 g/mol. The molecule has 0 saturated carbocycles. The molecule has 0 aliphatic carbocycles. The lowest BCUT2D eigenvalue weighted by Gasteiger charge is -2.07. The molecule has 0 aliphatic rings. The van der Waals surface area contributed by atoms with Gasteiger partial charge >= 0.3 is 5.97 Å². The minimum atomic E-state index is -0.167. The highest BCUT2D eigenvalue weighted by molar-refractivity contribution is 5.69. The zero-order chi connectivity index (χ0) is 16.5. The van der Waals surface area contributed by atoms with E-state index in [1.165, 1.54) is 0 Å². The summed E-state index contributed by atoms with van der Waals surface area (Å²) in [7, 11) is 1.61. The zero-order valence-corrected chi connectivity index (χ0v) is 13.5. The summed E-state index contributed by atoms with van der Waals surface area (Å²) in [4.78, 5) is 15.6. The predicted octanol–water partition coefficient (Wildman–Crippen LogP) is 2.80. The molecule has 2 aromatic rings. The highest BCUT2D eigenvalue weighted by Crippen LogP contribution is 2.20. The number of hydrogen-bond acceptors (Lipinski definition) is 5. The highest BCUT2D eigenvalue weighted by atomic mass is 16.5. The number of benzene rings is 1. The number of hydrogen-bond donors (Lipinski definition) is 1. The van der Waals surface area contributed by atoms with Gasteiger partial charge in [0.15, 0.2) is 0 Å². The summed E-state index contributed by atoms with van der Waals surface area (Å²) in [5.74, 6) is 0.437. The Hall–Kier alpha value is -2.40. The molecule has 122 valence electrons. The van der Waals surface area contributed by atoms with E-state index in [9.17, 15) is 4.79 Å². The number of ether oxygens (including phenoxy) is 2. The van der Waals surface area contributed by atoms with Gasteiger partial charge in [-0.15, -0.1) is 0 Å². The Morgan fingerprint density at radius 2 is 1.96 bits per heavy atom. The van der Waals surface area contributed by atoms with Crippen LogP contribution in [0.3, 0.4) is 0 Å². The van der Waals surface area contributed by atoms with Crippen LogP contribution in [0, 0.1) is 0 Å². The molecule has 0 saturated heterocycles. The minimum absolute atomic E-state index is 0.167. The predicted molar refractivity (Wildman–Crippen MR) is 89.2 cm³/mol. The third-order valence-corrected chi connectivity index (χ3v) is 3.32. The van der Waals surface area contributed by atoms with Crippen molar-refractivity contribution in [3.8, 4) is 17.1 Å². The van der Waals surface area contributed by atoms with Gasteiger partial charge in [0.25, 0.3) is 0 Å². The van der Waals surface area contributed by atoms with Crippen LogP contribution in [0.15, 0.2) is 42.5 Å². The van der Waals surface area contributed by atoms with Crippen molar-refractivity contribution in [1.29, 1.82) is 0 Å². The first-order chi connectivity index (χ1) is 11.2. The fraction of sp³-hybridized carbons (Fsp3) is 0.333. The van der Waals surface area contributed by atoms with Crippen LogP contribution in [0.25, 0.3) is 11.3 Å². The summed E-state index contributed by atoms with van der Waals surface area (Å²) >= 11 is 0. The van der Waals surface area contributed by atoms with E-state index >= 15 is 0 Å². The van der Waals surface area contributed by atoms with E-state index in [1.54, 1.807) is 7.11 Å². The Balaban J connectivity index is 1.86. The molecule has 2 rings (SSSR count). The second-order valence-corrected chi connectivity index (χ2v) is 4.99. The first-order valence-corrected chi connectivity index (χ1v) is 7.69. The van der Waals surface area contributed by atoms with Gasteiger partial charge in [0, 0.05) is 24.7 Å². The van der Waals surface area contributed by atoms with Gasteiger partial charge in [-0.05, 0) is 18.6 Å². The molecule has 1 heterocycles. The molecule has 5 heteroatoms. The van der Waals surface area contributed by atoms with Crippen LogP contribution in [0.4, 0.5) is 0 Å². The minimum Gasteiger partial charge on any atom is -0.481 e. The third-order valence-electron chi connectivity index (χ3n) is 3.32. The Labute approximate surface area is 136 Å². The summed E-state index contributed by atoms with van der Waals surface area (Å²) in [5.41, 5.74) is 3.07. The van der Waals surface area contributed by atoms with Gasteiger partial charge in [0.05, 0.1) is 25.8 Å². The van der Waals surface area contributed by atoms with Gasteiger partial charge in [0.1, 0.15) is 0 Å². The second-order valence-electron chi connectivity index (χ2n) is 4.99. The van der Waals surface area contributed by atoms with Crippen LogP contribution < -0.4 is 10.1 Å². The Morgan fingerprint density at radius 1 is 1.17 bits per heavy atom. The standard InChI is InChI=1S/C18H22N2O3/c1-3-23-18(21)11-12-19-13-14-7-9-15(10-8-14)16-5-4-6-17(20-16)22-2/h4-10,19H,3,11-13H2,1-2H3. The van der Waals surface area contributed by atoms with Gasteiger partial charge in [0.2, 0.25) is 5.88 Å². The maximum absolute atomic E-state index is 11.2. The van der Waals surface area contributed by atoms with Crippen molar-refractivity contribution in [2.75, 3.05) is 20.3 Å². The molecular formula is C18H22N2O3. The van der Waals surface area contributed by atoms with Gasteiger partial charge < -0.3 is 14.8 Å². The average Bonchev–Trinajstić information content (AvgIpc) is 2.59. The van der Waals surface area contributed by atoms with E-state index in [4.69, 9.17) is 9.47 Å². The summed E-state index contributed by atoms with van der Waals surface area (Å²) in [6, 6.07) is 13.9. The molecule has 0 aliphatic heterocycles. The first kappa shape index (κ1) is 17.0. The Kier molecular flexibility index (Phi) is 6.56. The molecule has 1 N–H and O–H groups in total. The van der Waals surface area contributed by atoms with E-state index < -0.39 is 0 Å². The maximum Gasteiger partial charge on any atom is 0.307 e. The topological polar surface area (TPSA) is 60.5 Å². The summed E-state index contributed by atoms with van der Waals surface area (Å²) in [5, 5.41) is 3.23. The molecule has 0 unspecified atom stereocenters. The van der Waals surface area contributed by atoms with Crippen molar-refractivity contribution in [2.24, 2.45) is 0 Å². The van der Waals surface area contributed by atoms with E-state index in [0.717, 1.165) is 16.8 Å². The third kappa shape index (κ3) is 5.38. The van der Waals surface area contributed by atoms with Crippen molar-refractivity contribution >= 4 is 5.97 Å². The van der Waals surface area contributed by atoms with E-state index in [-0.39, 0.29) is 5.97 Å². The van der Waals surface area contributed by atoms with Crippen LogP contribution in [0.2, 0.25) is 0 Å². The number of rotatable bonds is 8. The Morgan fingerprint density at radius 3 is 2.65 bits per heavy atom. The molecular weight excluding hydrogens is 292 g/mol. The molecule has 5 nitrogen and oxygen atoms in total. The number of pyridine rings is 1. The molecule has 0 bridgehead atoms. The second kappa shape index (κ2) is 8.90. The number of aromatic nitrogens is 1. The number of methoxy groups -OCH3 is 1. The van der Waals surface area contributed by atoms with Gasteiger partial charge in [-0.1, -0.05) is 30.3 Å². The molecule has 0 radical (unpaired) electrons. The SMILES string of the molecule is CCOC(=O)CCNCc1ccc(-c2cccc(OC)n2)cc1. The quantitative estimate of drug-likeness (QED) is 0.600. The summed E-state index contributed by atoms with van der Waals surface area (Å²) in [6.07, 6.45) is 0.389. The number of carbonyl (C=O) groups excluding carboxylic acids is 1. The van der Waals surface area contributed by atoms with Crippen LogP contribution in [-0.4, -0.2) is 31.2 Å². The number of nitrogens with one attached hydrogen (secondary N) is 1. The van der Waals surface area contributed by atoms with Crippen LogP contribution in [0.1, 0.15) is 18.9 Å². The first-order valence-electron chi connectivity index (χ1n) is 7.69. The zero-order valence-electron chi connectivity index (χ0n) is 13.5. The van der Waals surface area contributed by atoms with Gasteiger partial charge in [-0.3, -0.25) is 4.79 Å². The lowest BCUT2D eigenvalue weighted by molar-refractivity contribution is -0.142. The Bertz CT molecular complexity index is 626. The number of carbonyl (C=O) groups is 1. The van der Waals surface area contributed by atoms with Crippen molar-refractivity contribution in [3.05, 3.63) is 48.0 Å². The number of nitrogens with zero attached hydrogens (tertiary/aromatic N) is 1. The monoisotopic (exact) mass is 314 g/mol. The molecule has 0 spiro atoms. The van der Waals surface area contributed by atoms with Crippen molar-refractivity contribution in [3.63, 3.8) is 0 Å². The van der Waals surface area contributed by atoms with Crippen LogP contribution in [-0.2, 0) is 16.1 Å². The van der Waals surface area contributed by atoms with Crippen molar-refractivity contribution < 1.29 is 14.3 Å². The molecule has 1 aromatic heterocycles. The fourth-order valence-electron chi connectivity index (χ4n) is 2.14. The van der Waals surface area contributed by atoms with Gasteiger partial charge in [-0.25, -0.2) is 4.98 Å². The largest absolute Gasteiger partial charge is 0.481 e. The lowest BCUT2D eigenvalue weighted by atomic mass is 10.1. The molecule has 0 atom stereocenters. The molecule has 0 amide bonds. The van der Waals surface area contributed by atoms with E-state index in [1.807, 2.05) is 49.4 Å². The fourth-order valence-corrected chi connectivity index (χ4v) is 2.14. The van der Waals surface area contributed by atoms with E-state index in [2.05, 4.69) is 10.3 Å². The summed E-state index contributed by atoms with van der Waals surface area (Å²) in [6.45, 7) is 3.56. The molecule has 1 aromatic carbocycles. The van der Waals surface area contributed by atoms with E-state index in [0.29, 0.717) is 32.0 Å².